The van der Waals surface area contributed by atoms with Gasteiger partial charge in [-0.25, -0.2) is 5.06 Å². The highest BCUT2D eigenvalue weighted by atomic mass is 35.5. The Morgan fingerprint density at radius 1 is 1.38 bits per heavy atom. The van der Waals surface area contributed by atoms with Crippen molar-refractivity contribution in [2.75, 3.05) is 7.05 Å². The fraction of sp³-hybridized carbons (Fsp3) is 0.182. The number of carbonyl (C=O) groups excluding carboxylic acids is 1. The van der Waals surface area contributed by atoms with Crippen molar-refractivity contribution in [2.45, 2.75) is 6.92 Å². The van der Waals surface area contributed by atoms with Gasteiger partial charge in [0.1, 0.15) is 0 Å². The number of benzene rings is 1. The van der Waals surface area contributed by atoms with Gasteiger partial charge in [-0.2, -0.15) is 0 Å². The number of hydroxylamine groups is 2. The number of hydrogen-bond acceptors (Lipinski definition) is 2. The third-order valence-corrected chi connectivity index (χ3v) is 2.58. The van der Waals surface area contributed by atoms with Crippen LogP contribution in [-0.4, -0.2) is 23.2 Å². The summed E-state index contributed by atoms with van der Waals surface area (Å²) in [4.78, 5) is 11.5. The third-order valence-electron chi connectivity index (χ3n) is 1.95. The summed E-state index contributed by atoms with van der Waals surface area (Å²) in [7, 11) is 1.24. The molecule has 5 heteroatoms. The smallest absolute Gasteiger partial charge is 0.277 e. The van der Waals surface area contributed by atoms with Gasteiger partial charge in [-0.05, 0) is 19.1 Å². The zero-order chi connectivity index (χ0) is 12.3. The van der Waals surface area contributed by atoms with Gasteiger partial charge in [0.15, 0.2) is 0 Å². The second-order valence-corrected chi connectivity index (χ2v) is 4.00. The van der Waals surface area contributed by atoms with Crippen molar-refractivity contribution < 1.29 is 10.0 Å². The summed E-state index contributed by atoms with van der Waals surface area (Å²) in [6.45, 7) is 1.84. The molecule has 0 aromatic heterocycles. The minimum Gasteiger partial charge on any atom is -0.286 e. The Kier molecular flexibility index (Phi) is 4.35. The summed E-state index contributed by atoms with van der Waals surface area (Å²) in [6, 6.07) is 2.94. The van der Waals surface area contributed by atoms with E-state index in [9.17, 15) is 4.79 Å². The standard InChI is InChI=1S/C11H11Cl2NO2/c1-3-4-8-9(12)5-7(6-10(8)13)11(15)14(2)16/h3-6,16H,1-2H3. The van der Waals surface area contributed by atoms with Gasteiger partial charge in [0.05, 0.1) is 10.0 Å². The van der Waals surface area contributed by atoms with E-state index in [1.54, 1.807) is 12.2 Å². The maximum absolute atomic E-state index is 11.5. The molecule has 0 saturated heterocycles. The van der Waals surface area contributed by atoms with Crippen LogP contribution in [0, 0.1) is 0 Å². The molecule has 0 atom stereocenters. The molecule has 0 bridgehead atoms. The van der Waals surface area contributed by atoms with E-state index < -0.39 is 5.91 Å². The molecule has 0 aliphatic rings. The topological polar surface area (TPSA) is 40.5 Å². The SMILES string of the molecule is CC=Cc1c(Cl)cc(C(=O)N(C)O)cc1Cl. The van der Waals surface area contributed by atoms with Crippen molar-refractivity contribution in [3.8, 4) is 0 Å². The second kappa shape index (κ2) is 5.34. The van der Waals surface area contributed by atoms with E-state index >= 15 is 0 Å². The molecule has 86 valence electrons. The van der Waals surface area contributed by atoms with Gasteiger partial charge in [0.25, 0.3) is 5.91 Å². The van der Waals surface area contributed by atoms with Crippen molar-refractivity contribution >= 4 is 35.2 Å². The Morgan fingerprint density at radius 2 is 1.88 bits per heavy atom. The molecule has 16 heavy (non-hydrogen) atoms. The minimum atomic E-state index is -0.559. The van der Waals surface area contributed by atoms with Crippen LogP contribution < -0.4 is 0 Å². The van der Waals surface area contributed by atoms with E-state index in [-0.39, 0.29) is 5.56 Å². The summed E-state index contributed by atoms with van der Waals surface area (Å²) in [6.07, 6.45) is 3.55. The van der Waals surface area contributed by atoms with Gasteiger partial charge in [-0.3, -0.25) is 10.0 Å². The number of rotatable bonds is 2. The van der Waals surface area contributed by atoms with Crippen molar-refractivity contribution in [1.82, 2.24) is 5.06 Å². The zero-order valence-corrected chi connectivity index (χ0v) is 10.4. The van der Waals surface area contributed by atoms with Crippen LogP contribution in [0.25, 0.3) is 6.08 Å². The first kappa shape index (κ1) is 13.0. The molecule has 1 aromatic carbocycles. The van der Waals surface area contributed by atoms with Crippen LogP contribution in [0.3, 0.4) is 0 Å². The van der Waals surface area contributed by atoms with Crippen molar-refractivity contribution in [2.24, 2.45) is 0 Å². The number of halogens is 2. The normalized spacial score (nSPS) is 10.8. The molecule has 0 aliphatic carbocycles. The lowest BCUT2D eigenvalue weighted by Crippen LogP contribution is -2.22. The van der Waals surface area contributed by atoms with Gasteiger partial charge in [0.2, 0.25) is 0 Å². The summed E-state index contributed by atoms with van der Waals surface area (Å²) >= 11 is 11.9. The summed E-state index contributed by atoms with van der Waals surface area (Å²) < 4.78 is 0. The van der Waals surface area contributed by atoms with E-state index in [1.165, 1.54) is 19.2 Å². The number of allylic oxidation sites excluding steroid dienone is 1. The van der Waals surface area contributed by atoms with Crippen LogP contribution in [0.15, 0.2) is 18.2 Å². The Labute approximate surface area is 104 Å². The monoisotopic (exact) mass is 259 g/mol. The molecule has 0 aliphatic heterocycles. The fourth-order valence-electron chi connectivity index (χ4n) is 1.22. The number of nitrogens with zero attached hydrogens (tertiary/aromatic N) is 1. The summed E-state index contributed by atoms with van der Waals surface area (Å²) in [5.41, 5.74) is 0.899. The van der Waals surface area contributed by atoms with Gasteiger partial charge in [-0.1, -0.05) is 35.4 Å². The molecule has 1 rings (SSSR count). The molecule has 0 fully saturated rings. The van der Waals surface area contributed by atoms with Crippen LogP contribution in [0.1, 0.15) is 22.8 Å². The molecule has 0 spiro atoms. The lowest BCUT2D eigenvalue weighted by Gasteiger charge is -2.10. The zero-order valence-electron chi connectivity index (χ0n) is 8.87. The highest BCUT2D eigenvalue weighted by Crippen LogP contribution is 2.28. The predicted molar refractivity (Wildman–Crippen MR) is 65.1 cm³/mol. The first-order valence-corrected chi connectivity index (χ1v) is 5.31. The largest absolute Gasteiger partial charge is 0.286 e. The van der Waals surface area contributed by atoms with Gasteiger partial charge < -0.3 is 0 Å². The predicted octanol–water partition coefficient (Wildman–Crippen LogP) is 3.49. The van der Waals surface area contributed by atoms with E-state index in [4.69, 9.17) is 28.4 Å². The molecule has 1 aromatic rings. The van der Waals surface area contributed by atoms with Gasteiger partial charge in [-0.15, -0.1) is 0 Å². The average molecular weight is 260 g/mol. The quantitative estimate of drug-likeness (QED) is 0.653. The maximum atomic E-state index is 11.5. The molecule has 1 N–H and O–H groups in total. The number of hydrogen-bond donors (Lipinski definition) is 1. The molecule has 0 saturated carbocycles. The highest BCUT2D eigenvalue weighted by Gasteiger charge is 2.13. The van der Waals surface area contributed by atoms with E-state index in [0.717, 1.165) is 0 Å². The molecule has 1 amide bonds. The fourth-order valence-corrected chi connectivity index (χ4v) is 1.83. The molecule has 0 heterocycles. The van der Waals surface area contributed by atoms with Crippen molar-refractivity contribution in [3.63, 3.8) is 0 Å². The van der Waals surface area contributed by atoms with Crippen LogP contribution in [0.5, 0.6) is 0 Å². The van der Waals surface area contributed by atoms with Crippen LogP contribution in [0.4, 0.5) is 0 Å². The Hall–Kier alpha value is -1.03. The Bertz CT molecular complexity index is 419. The number of carbonyl (C=O) groups is 1. The molecule has 0 unspecified atom stereocenters. The average Bonchev–Trinajstić information content (AvgIpc) is 2.21. The van der Waals surface area contributed by atoms with Gasteiger partial charge in [0, 0.05) is 18.2 Å². The Balaban J connectivity index is 3.24. The van der Waals surface area contributed by atoms with Crippen molar-refractivity contribution in [3.05, 3.63) is 39.4 Å². The summed E-state index contributed by atoms with van der Waals surface area (Å²) in [5.74, 6) is -0.559. The lowest BCUT2D eigenvalue weighted by atomic mass is 10.1. The van der Waals surface area contributed by atoms with Crippen LogP contribution in [-0.2, 0) is 0 Å². The molecular weight excluding hydrogens is 249 g/mol. The molecule has 0 radical (unpaired) electrons. The van der Waals surface area contributed by atoms with Crippen LogP contribution >= 0.6 is 23.2 Å². The maximum Gasteiger partial charge on any atom is 0.277 e. The highest BCUT2D eigenvalue weighted by molar-refractivity contribution is 6.37. The third kappa shape index (κ3) is 2.76. The van der Waals surface area contributed by atoms with E-state index in [0.29, 0.717) is 20.7 Å². The first-order chi connectivity index (χ1) is 7.47. The first-order valence-electron chi connectivity index (χ1n) is 4.56. The Morgan fingerprint density at radius 3 is 2.25 bits per heavy atom. The molecular formula is C11H11Cl2NO2. The molecule has 3 nitrogen and oxygen atoms in total. The second-order valence-electron chi connectivity index (χ2n) is 3.18. The van der Waals surface area contributed by atoms with E-state index in [1.807, 2.05) is 6.92 Å². The van der Waals surface area contributed by atoms with E-state index in [2.05, 4.69) is 0 Å². The lowest BCUT2D eigenvalue weighted by molar-refractivity contribution is -0.0374. The number of amides is 1. The van der Waals surface area contributed by atoms with Crippen molar-refractivity contribution in [1.29, 1.82) is 0 Å². The van der Waals surface area contributed by atoms with Gasteiger partial charge >= 0.3 is 0 Å². The summed E-state index contributed by atoms with van der Waals surface area (Å²) in [5, 5.41) is 10.2. The minimum absolute atomic E-state index is 0.244. The van der Waals surface area contributed by atoms with Crippen LogP contribution in [0.2, 0.25) is 10.0 Å².